The summed E-state index contributed by atoms with van der Waals surface area (Å²) in [6.45, 7) is 2.75. The van der Waals surface area contributed by atoms with E-state index in [4.69, 9.17) is 24.2 Å². The minimum Gasteiger partial charge on any atom is -0.493 e. The summed E-state index contributed by atoms with van der Waals surface area (Å²) in [7, 11) is 2.80. The van der Waals surface area contributed by atoms with Gasteiger partial charge in [0.15, 0.2) is 17.3 Å². The fraction of sp³-hybridized carbons (Fsp3) is 0.328. The number of Topliss-reactive ketones (excluding diaryl/α,β-unsaturated/α-hetero) is 2. The number of unbranched alkanes of at least 4 members (excludes halogenated alkanes) is 1. The number of rotatable bonds is 21. The summed E-state index contributed by atoms with van der Waals surface area (Å²) in [6.07, 6.45) is 6.16. The van der Waals surface area contributed by atoms with Gasteiger partial charge < -0.3 is 29.6 Å². The number of methoxy groups -OCH3 is 2. The first kappa shape index (κ1) is 51.6. The van der Waals surface area contributed by atoms with Crippen LogP contribution in [-0.4, -0.2) is 93.5 Å². The van der Waals surface area contributed by atoms with Crippen LogP contribution in [0.3, 0.4) is 0 Å². The van der Waals surface area contributed by atoms with E-state index in [2.05, 4.69) is 21.4 Å². The fourth-order valence-electron chi connectivity index (χ4n) is 10.1. The molecule has 2 atom stereocenters. The quantitative estimate of drug-likeness (QED) is 0.0406. The fourth-order valence-corrected chi connectivity index (χ4v) is 10.1. The Labute approximate surface area is 434 Å². The molecule has 0 bridgehead atoms. The lowest BCUT2D eigenvalue weighted by Gasteiger charge is -2.29. The number of hydrogen-bond acceptors (Lipinski definition) is 13. The van der Waals surface area contributed by atoms with E-state index in [1.807, 2.05) is 67.7 Å². The van der Waals surface area contributed by atoms with Crippen molar-refractivity contribution in [1.29, 1.82) is 0 Å². The number of carbonyl (C=O) groups is 7. The van der Waals surface area contributed by atoms with Gasteiger partial charge in [-0.05, 0) is 84.5 Å². The van der Waals surface area contributed by atoms with Gasteiger partial charge in [0.2, 0.25) is 11.8 Å². The van der Waals surface area contributed by atoms with Gasteiger partial charge in [-0.3, -0.25) is 43.7 Å². The lowest BCUT2D eigenvalue weighted by molar-refractivity contribution is -0.140. The van der Waals surface area contributed by atoms with Crippen LogP contribution in [-0.2, 0) is 54.8 Å². The number of aryl methyl sites for hydroxylation is 1. The average Bonchev–Trinajstić information content (AvgIpc) is 3.97. The molecule has 4 aliphatic rings. The second-order valence-corrected chi connectivity index (χ2v) is 19.2. The van der Waals surface area contributed by atoms with Gasteiger partial charge in [-0.25, -0.2) is 9.28 Å². The molecule has 5 aromatic carbocycles. The Balaban J connectivity index is 0.878. The maximum Gasteiger partial charge on any atom is 0.353 e. The predicted molar refractivity (Wildman–Crippen MR) is 283 cm³/mol. The van der Waals surface area contributed by atoms with Crippen LogP contribution in [0, 0.1) is 6.92 Å². The number of quaternary nitrogens is 1. The van der Waals surface area contributed by atoms with Gasteiger partial charge in [0.25, 0.3) is 5.91 Å². The molecule has 75 heavy (non-hydrogen) atoms. The molecule has 4 aliphatic heterocycles. The van der Waals surface area contributed by atoms with Gasteiger partial charge in [-0.1, -0.05) is 36.4 Å². The summed E-state index contributed by atoms with van der Waals surface area (Å²) >= 11 is 0. The monoisotopic (exact) mass is 1020 g/mol. The minimum absolute atomic E-state index is 0.00263. The summed E-state index contributed by atoms with van der Waals surface area (Å²) in [5, 5.41) is 5.44. The van der Waals surface area contributed by atoms with E-state index in [1.165, 1.54) is 14.2 Å². The van der Waals surface area contributed by atoms with Crippen molar-refractivity contribution in [3.05, 3.63) is 130 Å². The number of nitrogens with zero attached hydrogens (tertiary/aromatic N) is 4. The molecule has 0 aromatic heterocycles. The van der Waals surface area contributed by atoms with Crippen molar-refractivity contribution < 1.29 is 52.5 Å². The van der Waals surface area contributed by atoms with Crippen LogP contribution < -0.4 is 34.2 Å². The van der Waals surface area contributed by atoms with Crippen LogP contribution in [0.15, 0.2) is 101 Å². The second-order valence-electron chi connectivity index (χ2n) is 19.2. The number of ketones is 2. The van der Waals surface area contributed by atoms with Gasteiger partial charge in [0.1, 0.15) is 42.5 Å². The third-order valence-corrected chi connectivity index (χ3v) is 14.1. The number of para-hydroxylation sites is 2. The van der Waals surface area contributed by atoms with E-state index < -0.39 is 11.8 Å². The Morgan fingerprint density at radius 1 is 0.707 bits per heavy atom. The molecule has 386 valence electrons. The van der Waals surface area contributed by atoms with Crippen molar-refractivity contribution in [2.24, 2.45) is 9.98 Å². The molecule has 1 spiro atoms. The Morgan fingerprint density at radius 2 is 1.40 bits per heavy atom. The molecule has 0 aliphatic carbocycles. The van der Waals surface area contributed by atoms with Crippen molar-refractivity contribution in [3.63, 3.8) is 0 Å². The highest BCUT2D eigenvalue weighted by Gasteiger charge is 2.47. The molecule has 9 rings (SSSR count). The SMILES string of the molecule is COC(=O)CCCCC(=O)CCC(=O)NCC(=O)CCC(=O)Nc1cc(COc2cc3c(cc2C)C(=O)[N+]2(CC=N3)CCc3ccccc32)cc(COc2cc3c(cc2OC)C(=O)N2c4ccccc4C[C@H]2C=N3)c1. The van der Waals surface area contributed by atoms with Crippen LogP contribution in [0.4, 0.5) is 28.4 Å². The molecule has 0 saturated heterocycles. The van der Waals surface area contributed by atoms with E-state index in [0.29, 0.717) is 88.9 Å². The highest BCUT2D eigenvalue weighted by Crippen LogP contribution is 2.43. The number of nitrogens with one attached hydrogen (secondary N) is 2. The topological polar surface area (TPSA) is 208 Å². The molecule has 4 amide bonds. The number of hydrogen-bond donors (Lipinski definition) is 2. The zero-order valence-corrected chi connectivity index (χ0v) is 42.3. The van der Waals surface area contributed by atoms with Crippen LogP contribution in [0.1, 0.15) is 99.9 Å². The average molecular weight is 1020 g/mol. The van der Waals surface area contributed by atoms with Crippen LogP contribution >= 0.6 is 0 Å². The number of carbonyl (C=O) groups excluding carboxylic acids is 7. The standard InChI is InChI=1S/C58H58N6O11/c1-36-24-46-48(59-21-23-64(58(46)71)22-20-39-10-5-8-14-50(39)64)30-51(36)74-34-37-25-38(27-41(26-37)62-55(68)19-17-44(66)33-61-54(67)18-16-43(65)12-6-9-15-56(69)73-3)35-75-53-31-47-45(29-52(53)72-2)57(70)63-42(32-60-47)28-40-11-4-7-13-49(40)63/h4-5,7-8,10-11,13-14,21,24-27,29-32,42H,6,9,12,15-20,22-23,28,33-35H2,1-3H3,(H-,61,62,67,68)/p+1/t42-,64?/m0/s1. The third-order valence-electron chi connectivity index (χ3n) is 14.1. The maximum absolute atomic E-state index is 14.4. The summed E-state index contributed by atoms with van der Waals surface area (Å²) in [6, 6.07) is 28.0. The maximum atomic E-state index is 14.4. The second kappa shape index (κ2) is 22.8. The number of anilines is 2. The normalized spacial score (nSPS) is 16.7. The number of aliphatic imine (C=N–C) groups is 2. The number of amides is 4. The first-order valence-electron chi connectivity index (χ1n) is 25.2. The van der Waals surface area contributed by atoms with Crippen molar-refractivity contribution >= 4 is 82.0 Å². The number of fused-ring (bicyclic) bond motifs is 7. The Morgan fingerprint density at radius 3 is 2.19 bits per heavy atom. The van der Waals surface area contributed by atoms with Gasteiger partial charge in [-0.2, -0.15) is 0 Å². The molecule has 17 heteroatoms. The van der Waals surface area contributed by atoms with Crippen LogP contribution in [0.25, 0.3) is 0 Å². The van der Waals surface area contributed by atoms with Crippen molar-refractivity contribution in [3.8, 4) is 17.2 Å². The number of esters is 1. The summed E-state index contributed by atoms with van der Waals surface area (Å²) in [5.74, 6) is -0.718. The van der Waals surface area contributed by atoms with Crippen molar-refractivity contribution in [2.75, 3.05) is 44.1 Å². The van der Waals surface area contributed by atoms with E-state index >= 15 is 0 Å². The van der Waals surface area contributed by atoms with E-state index in [0.717, 1.165) is 34.5 Å². The van der Waals surface area contributed by atoms with E-state index in [9.17, 15) is 33.6 Å². The smallest absolute Gasteiger partial charge is 0.353 e. The first-order valence-corrected chi connectivity index (χ1v) is 25.2. The highest BCUT2D eigenvalue weighted by molar-refractivity contribution is 6.15. The van der Waals surface area contributed by atoms with Crippen molar-refractivity contribution in [1.82, 2.24) is 9.80 Å². The Kier molecular flexibility index (Phi) is 15.7. The van der Waals surface area contributed by atoms with Gasteiger partial charge in [-0.15, -0.1) is 0 Å². The molecule has 0 fully saturated rings. The lowest BCUT2D eigenvalue weighted by atomic mass is 10.1. The van der Waals surface area contributed by atoms with E-state index in [1.54, 1.807) is 41.4 Å². The minimum atomic E-state index is -0.453. The first-order chi connectivity index (χ1) is 36.3. The molecule has 0 saturated carbocycles. The largest absolute Gasteiger partial charge is 0.493 e. The van der Waals surface area contributed by atoms with Crippen molar-refractivity contribution in [2.45, 2.75) is 90.4 Å². The molecule has 2 N–H and O–H groups in total. The zero-order chi connectivity index (χ0) is 52.6. The predicted octanol–water partition coefficient (Wildman–Crippen LogP) is 8.36. The number of ether oxygens (including phenoxy) is 4. The molecule has 17 nitrogen and oxygen atoms in total. The summed E-state index contributed by atoms with van der Waals surface area (Å²) in [4.78, 5) is 102. The Bertz CT molecular complexity index is 3170. The zero-order valence-electron chi connectivity index (χ0n) is 42.3. The molecular formula is C58H59N6O11+. The highest BCUT2D eigenvalue weighted by atomic mass is 16.5. The van der Waals surface area contributed by atoms with Gasteiger partial charge in [0, 0.05) is 86.7 Å². The van der Waals surface area contributed by atoms with Gasteiger partial charge in [0.05, 0.1) is 56.5 Å². The van der Waals surface area contributed by atoms with E-state index in [-0.39, 0.29) is 98.2 Å². The third kappa shape index (κ3) is 11.6. The van der Waals surface area contributed by atoms with Crippen LogP contribution in [0.5, 0.6) is 17.2 Å². The van der Waals surface area contributed by atoms with Gasteiger partial charge >= 0.3 is 11.9 Å². The molecule has 1 unspecified atom stereocenters. The molecular weight excluding hydrogens is 957 g/mol. The summed E-state index contributed by atoms with van der Waals surface area (Å²) in [5.41, 5.74) is 8.41. The number of benzene rings is 5. The van der Waals surface area contributed by atoms with Crippen LogP contribution in [0.2, 0.25) is 0 Å². The molecule has 4 heterocycles. The molecule has 5 aromatic rings. The molecule has 0 radical (unpaired) electrons. The Hall–Kier alpha value is -8.31. The lowest BCUT2D eigenvalue weighted by Crippen LogP contribution is -2.53. The summed E-state index contributed by atoms with van der Waals surface area (Å²) < 4.78 is 23.4.